The number of amides is 1. The molecular weight excluding hydrogens is 332 g/mol. The Morgan fingerprint density at radius 3 is 2.40 bits per heavy atom. The normalized spacial score (nSPS) is 23.6. The van der Waals surface area contributed by atoms with Crippen molar-refractivity contribution in [1.29, 1.82) is 0 Å². The van der Waals surface area contributed by atoms with Crippen molar-refractivity contribution in [3.63, 3.8) is 0 Å². The third-order valence-corrected chi connectivity index (χ3v) is 5.90. The van der Waals surface area contributed by atoms with Crippen molar-refractivity contribution < 1.29 is 4.79 Å². The first-order chi connectivity index (χ1) is 12.2. The van der Waals surface area contributed by atoms with Crippen molar-refractivity contribution in [3.05, 3.63) is 34.9 Å². The highest BCUT2D eigenvalue weighted by atomic mass is 35.5. The molecule has 0 spiro atoms. The van der Waals surface area contributed by atoms with Gasteiger partial charge in [-0.3, -0.25) is 9.69 Å². The Kier molecular flexibility index (Phi) is 7.18. The predicted molar refractivity (Wildman–Crippen MR) is 104 cm³/mol. The van der Waals surface area contributed by atoms with Crippen LogP contribution in [0.25, 0.3) is 0 Å². The average molecular weight is 363 g/mol. The maximum atomic E-state index is 12.8. The number of carbonyl (C=O) groups excluding carboxylic acids is 1. The molecule has 1 amide bonds. The van der Waals surface area contributed by atoms with Gasteiger partial charge in [0, 0.05) is 24.2 Å². The van der Waals surface area contributed by atoms with Crippen LogP contribution in [0.4, 0.5) is 0 Å². The highest BCUT2D eigenvalue weighted by Gasteiger charge is 2.27. The molecule has 2 fully saturated rings. The van der Waals surface area contributed by atoms with Crippen molar-refractivity contribution in [2.75, 3.05) is 13.1 Å². The zero-order chi connectivity index (χ0) is 17.5. The monoisotopic (exact) mass is 362 g/mol. The summed E-state index contributed by atoms with van der Waals surface area (Å²) in [4.78, 5) is 15.2. The standard InChI is InChI=1S/C21H31ClN2O/c22-19-12-10-17(11-13-19)15-24-14-6-7-18(16-24)21(25)23-20-8-4-2-1-3-5-9-20/h10-13,18,20H,1-9,14-16H2,(H,23,25)/t18-/m1/s1. The molecule has 0 aromatic heterocycles. The quantitative estimate of drug-likeness (QED) is 0.835. The van der Waals surface area contributed by atoms with E-state index < -0.39 is 0 Å². The van der Waals surface area contributed by atoms with Crippen LogP contribution in [0, 0.1) is 5.92 Å². The zero-order valence-corrected chi connectivity index (χ0v) is 15.9. The summed E-state index contributed by atoms with van der Waals surface area (Å²) < 4.78 is 0. The van der Waals surface area contributed by atoms with Crippen molar-refractivity contribution in [2.45, 2.75) is 70.4 Å². The SMILES string of the molecule is O=C(NC1CCCCCCC1)[C@@H]1CCCN(Cc2ccc(Cl)cc2)C1. The first-order valence-corrected chi connectivity index (χ1v) is 10.4. The molecule has 4 heteroatoms. The van der Waals surface area contributed by atoms with E-state index in [-0.39, 0.29) is 11.8 Å². The molecule has 138 valence electrons. The molecule has 1 N–H and O–H groups in total. The van der Waals surface area contributed by atoms with Crippen molar-refractivity contribution >= 4 is 17.5 Å². The highest BCUT2D eigenvalue weighted by molar-refractivity contribution is 6.30. The van der Waals surface area contributed by atoms with E-state index in [1.54, 1.807) is 0 Å². The molecule has 1 aromatic rings. The predicted octanol–water partition coefficient (Wildman–Crippen LogP) is 4.78. The van der Waals surface area contributed by atoms with Crippen LogP contribution in [0.3, 0.4) is 0 Å². The largest absolute Gasteiger partial charge is 0.353 e. The third-order valence-electron chi connectivity index (χ3n) is 5.65. The second-order valence-electron chi connectivity index (χ2n) is 7.75. The Hall–Kier alpha value is -1.06. The van der Waals surface area contributed by atoms with Gasteiger partial charge in [-0.15, -0.1) is 0 Å². The van der Waals surface area contributed by atoms with E-state index >= 15 is 0 Å². The Labute approximate surface area is 157 Å². The molecule has 1 aromatic carbocycles. The summed E-state index contributed by atoms with van der Waals surface area (Å²) in [5.74, 6) is 0.429. The Bertz CT molecular complexity index is 537. The Balaban J connectivity index is 1.49. The number of carbonyl (C=O) groups is 1. The number of piperidine rings is 1. The van der Waals surface area contributed by atoms with Crippen LogP contribution in [0.2, 0.25) is 5.02 Å². The van der Waals surface area contributed by atoms with Gasteiger partial charge >= 0.3 is 0 Å². The molecule has 1 heterocycles. The smallest absolute Gasteiger partial charge is 0.224 e. The van der Waals surface area contributed by atoms with Gasteiger partial charge < -0.3 is 5.32 Å². The molecule has 2 aliphatic rings. The summed E-state index contributed by atoms with van der Waals surface area (Å²) in [6.45, 7) is 2.86. The van der Waals surface area contributed by atoms with E-state index in [1.807, 2.05) is 12.1 Å². The van der Waals surface area contributed by atoms with E-state index in [0.29, 0.717) is 6.04 Å². The van der Waals surface area contributed by atoms with E-state index in [9.17, 15) is 4.79 Å². The molecule has 1 saturated carbocycles. The van der Waals surface area contributed by atoms with Gasteiger partial charge in [0.15, 0.2) is 0 Å². The second-order valence-corrected chi connectivity index (χ2v) is 8.19. The Morgan fingerprint density at radius 1 is 1.00 bits per heavy atom. The fourth-order valence-electron chi connectivity index (χ4n) is 4.18. The van der Waals surface area contributed by atoms with Gasteiger partial charge in [0.2, 0.25) is 5.91 Å². The summed E-state index contributed by atoms with van der Waals surface area (Å²) in [7, 11) is 0. The summed E-state index contributed by atoms with van der Waals surface area (Å²) >= 11 is 5.97. The molecule has 3 rings (SSSR count). The molecule has 25 heavy (non-hydrogen) atoms. The molecule has 1 aliphatic carbocycles. The van der Waals surface area contributed by atoms with Gasteiger partial charge in [0.05, 0.1) is 5.92 Å². The maximum Gasteiger partial charge on any atom is 0.224 e. The molecule has 0 unspecified atom stereocenters. The van der Waals surface area contributed by atoms with Crippen LogP contribution in [-0.2, 0) is 11.3 Å². The molecule has 0 bridgehead atoms. The number of nitrogens with one attached hydrogen (secondary N) is 1. The lowest BCUT2D eigenvalue weighted by molar-refractivity contribution is -0.127. The van der Waals surface area contributed by atoms with Gasteiger partial charge in [-0.2, -0.15) is 0 Å². The van der Waals surface area contributed by atoms with Crippen molar-refractivity contribution in [1.82, 2.24) is 10.2 Å². The molecule has 0 radical (unpaired) electrons. The van der Waals surface area contributed by atoms with Crippen LogP contribution in [0.15, 0.2) is 24.3 Å². The van der Waals surface area contributed by atoms with E-state index in [4.69, 9.17) is 11.6 Å². The second kappa shape index (κ2) is 9.59. The number of rotatable bonds is 4. The average Bonchev–Trinajstić information content (AvgIpc) is 2.59. The highest BCUT2D eigenvalue weighted by Crippen LogP contribution is 2.22. The first-order valence-electron chi connectivity index (χ1n) is 9.98. The van der Waals surface area contributed by atoms with Crippen LogP contribution < -0.4 is 5.32 Å². The number of hydrogen-bond donors (Lipinski definition) is 1. The van der Waals surface area contributed by atoms with Crippen LogP contribution >= 0.6 is 11.6 Å². The summed E-state index contributed by atoms with van der Waals surface area (Å²) in [5.41, 5.74) is 1.27. The van der Waals surface area contributed by atoms with E-state index in [0.717, 1.165) is 50.3 Å². The lowest BCUT2D eigenvalue weighted by Crippen LogP contribution is -2.45. The van der Waals surface area contributed by atoms with Gasteiger partial charge in [0.1, 0.15) is 0 Å². The zero-order valence-electron chi connectivity index (χ0n) is 15.2. The van der Waals surface area contributed by atoms with Crippen LogP contribution in [0.5, 0.6) is 0 Å². The lowest BCUT2D eigenvalue weighted by Gasteiger charge is -2.33. The summed E-state index contributed by atoms with van der Waals surface area (Å²) in [6.07, 6.45) is 11.0. The number of hydrogen-bond acceptors (Lipinski definition) is 2. The number of halogens is 1. The minimum absolute atomic E-state index is 0.145. The molecule has 1 atom stereocenters. The maximum absolute atomic E-state index is 12.8. The molecule has 3 nitrogen and oxygen atoms in total. The number of nitrogens with zero attached hydrogens (tertiary/aromatic N) is 1. The van der Waals surface area contributed by atoms with Gasteiger partial charge in [-0.05, 0) is 49.9 Å². The number of benzene rings is 1. The van der Waals surface area contributed by atoms with E-state index in [2.05, 4.69) is 22.3 Å². The van der Waals surface area contributed by atoms with Crippen LogP contribution in [0.1, 0.15) is 63.4 Å². The fourth-order valence-corrected chi connectivity index (χ4v) is 4.31. The van der Waals surface area contributed by atoms with Crippen molar-refractivity contribution in [2.24, 2.45) is 5.92 Å². The molecule has 1 saturated heterocycles. The van der Waals surface area contributed by atoms with Gasteiger partial charge in [-0.1, -0.05) is 55.8 Å². The van der Waals surface area contributed by atoms with E-state index in [1.165, 1.54) is 37.7 Å². The summed E-state index contributed by atoms with van der Waals surface area (Å²) in [5, 5.41) is 4.14. The minimum atomic E-state index is 0.145. The van der Waals surface area contributed by atoms with Gasteiger partial charge in [0.25, 0.3) is 0 Å². The van der Waals surface area contributed by atoms with Crippen molar-refractivity contribution in [3.8, 4) is 0 Å². The topological polar surface area (TPSA) is 32.3 Å². The number of likely N-dealkylation sites (tertiary alicyclic amines) is 1. The Morgan fingerprint density at radius 2 is 1.68 bits per heavy atom. The summed E-state index contributed by atoms with van der Waals surface area (Å²) in [6, 6.07) is 8.46. The fraction of sp³-hybridized carbons (Fsp3) is 0.667. The first kappa shape index (κ1) is 18.7. The minimum Gasteiger partial charge on any atom is -0.353 e. The lowest BCUT2D eigenvalue weighted by atomic mass is 9.93. The third kappa shape index (κ3) is 6.00. The molecule has 1 aliphatic heterocycles. The molecular formula is C21H31ClN2O. The van der Waals surface area contributed by atoms with Gasteiger partial charge in [-0.25, -0.2) is 0 Å². The van der Waals surface area contributed by atoms with Crippen LogP contribution in [-0.4, -0.2) is 29.9 Å².